The summed E-state index contributed by atoms with van der Waals surface area (Å²) in [6.45, 7) is 12.8. The lowest BCUT2D eigenvalue weighted by atomic mass is 10.1. The van der Waals surface area contributed by atoms with Crippen molar-refractivity contribution >= 4 is 37.4 Å². The fourth-order valence-corrected chi connectivity index (χ4v) is 4.27. The van der Waals surface area contributed by atoms with Crippen LogP contribution in [0.4, 0.5) is 5.69 Å². The average molecular weight is 526 g/mol. The quantitative estimate of drug-likeness (QED) is 0.327. The molecule has 0 aromatic heterocycles. The third-order valence-corrected chi connectivity index (χ3v) is 11.4. The molecule has 0 aliphatic carbocycles. The Bertz CT molecular complexity index is 1190. The van der Waals surface area contributed by atoms with Gasteiger partial charge in [-0.25, -0.2) is 0 Å². The van der Waals surface area contributed by atoms with Crippen LogP contribution < -0.4 is 16.2 Å². The second-order valence-corrected chi connectivity index (χ2v) is 15.1. The molecule has 1 atom stereocenters. The molecule has 3 N–H and O–H groups in total. The highest BCUT2D eigenvalue weighted by Gasteiger charge is 2.37. The van der Waals surface area contributed by atoms with Gasteiger partial charge in [0, 0.05) is 17.9 Å². The maximum absolute atomic E-state index is 13.1. The van der Waals surface area contributed by atoms with Crippen molar-refractivity contribution in [3.63, 3.8) is 0 Å². The molecule has 36 heavy (non-hydrogen) atoms. The Morgan fingerprint density at radius 2 is 1.69 bits per heavy atom. The first-order chi connectivity index (χ1) is 16.8. The number of anilines is 1. The number of nitrogens with one attached hydrogen (secondary N) is 3. The molecule has 0 fully saturated rings. The van der Waals surface area contributed by atoms with E-state index in [2.05, 4.69) is 50.0 Å². The van der Waals surface area contributed by atoms with Gasteiger partial charge < -0.3 is 9.74 Å². The lowest BCUT2D eigenvalue weighted by Crippen LogP contribution is -2.49. The van der Waals surface area contributed by atoms with Crippen molar-refractivity contribution in [3.05, 3.63) is 63.7 Å². The zero-order chi connectivity index (χ0) is 27.1. The summed E-state index contributed by atoms with van der Waals surface area (Å²) in [5.74, 6) is -0.975. The fraction of sp³-hybridized carbons (Fsp3) is 0.385. The minimum atomic E-state index is -2.03. The van der Waals surface area contributed by atoms with E-state index in [0.717, 1.165) is 0 Å². The second kappa shape index (κ2) is 12.0. The Hall–Kier alpha value is -3.37. The Morgan fingerprint density at radius 3 is 2.25 bits per heavy atom. The summed E-state index contributed by atoms with van der Waals surface area (Å²) in [5, 5.41) is 21.6. The zero-order valence-electron chi connectivity index (χ0n) is 21.5. The predicted octanol–water partition coefficient (Wildman–Crippen LogP) is 5.05. The molecule has 0 saturated carbocycles. The molecule has 8 nitrogen and oxygen atoms in total. The number of benzene rings is 2. The third kappa shape index (κ3) is 7.31. The minimum Gasteiger partial charge on any atom is -0.417 e. The van der Waals surface area contributed by atoms with Gasteiger partial charge in [0.1, 0.15) is 12.1 Å². The van der Waals surface area contributed by atoms with Gasteiger partial charge in [-0.05, 0) is 73.4 Å². The van der Waals surface area contributed by atoms with E-state index >= 15 is 0 Å². The van der Waals surface area contributed by atoms with E-state index in [-0.39, 0.29) is 5.04 Å². The number of nitrogens with zero attached hydrogens (tertiary/aromatic N) is 2. The summed E-state index contributed by atoms with van der Waals surface area (Å²) in [6.07, 6.45) is 0.335. The molecule has 0 bridgehead atoms. The van der Waals surface area contributed by atoms with Crippen LogP contribution >= 0.6 is 11.6 Å². The Kier molecular flexibility index (Phi) is 9.66. The maximum atomic E-state index is 13.1. The molecule has 0 saturated heterocycles. The molecule has 190 valence electrons. The SMILES string of the molecule is Cc1c(NC(CCO[Si](C)(C)C(C)(C)C)C(=O)NNC(=O)c2ccc(C#N)cc2)ccc(C#N)c1Cl. The molecule has 0 aliphatic heterocycles. The van der Waals surface area contributed by atoms with Crippen molar-refractivity contribution in [2.45, 2.75) is 58.3 Å². The normalized spacial score (nSPS) is 12.1. The number of halogens is 1. The van der Waals surface area contributed by atoms with E-state index in [1.807, 2.05) is 12.1 Å². The Labute approximate surface area is 218 Å². The predicted molar refractivity (Wildman–Crippen MR) is 143 cm³/mol. The van der Waals surface area contributed by atoms with Gasteiger partial charge in [0.15, 0.2) is 8.32 Å². The summed E-state index contributed by atoms with van der Waals surface area (Å²) < 4.78 is 6.26. The smallest absolute Gasteiger partial charge is 0.269 e. The summed E-state index contributed by atoms with van der Waals surface area (Å²) in [4.78, 5) is 25.6. The largest absolute Gasteiger partial charge is 0.417 e. The summed E-state index contributed by atoms with van der Waals surface area (Å²) in [7, 11) is -2.03. The molecule has 10 heteroatoms. The summed E-state index contributed by atoms with van der Waals surface area (Å²) >= 11 is 6.31. The topological polar surface area (TPSA) is 127 Å². The van der Waals surface area contributed by atoms with Crippen molar-refractivity contribution in [1.29, 1.82) is 10.5 Å². The number of hydrogen-bond donors (Lipinski definition) is 3. The molecular weight excluding hydrogens is 494 g/mol. The molecule has 0 radical (unpaired) electrons. The number of carbonyl (C=O) groups excluding carboxylic acids is 2. The standard InChI is InChI=1S/C26H32ClN5O3Si/c1-17-21(12-11-20(16-29)23(17)27)30-22(13-14-35-36(5,6)26(2,3)4)25(34)32-31-24(33)19-9-7-18(15-28)8-10-19/h7-12,22,30H,13-14H2,1-6H3,(H,31,33)(H,32,34). The van der Waals surface area contributed by atoms with E-state index in [9.17, 15) is 14.9 Å². The number of hydrazine groups is 1. The average Bonchev–Trinajstić information content (AvgIpc) is 2.83. The third-order valence-electron chi connectivity index (χ3n) is 6.40. The van der Waals surface area contributed by atoms with Crippen LogP contribution in [0.25, 0.3) is 0 Å². The van der Waals surface area contributed by atoms with Gasteiger partial charge >= 0.3 is 0 Å². The van der Waals surface area contributed by atoms with Crippen LogP contribution in [-0.4, -0.2) is 32.8 Å². The van der Waals surface area contributed by atoms with E-state index in [4.69, 9.17) is 21.3 Å². The minimum absolute atomic E-state index is 0.0183. The van der Waals surface area contributed by atoms with Crippen molar-refractivity contribution in [3.8, 4) is 12.1 Å². The highest BCUT2D eigenvalue weighted by Crippen LogP contribution is 2.36. The van der Waals surface area contributed by atoms with Crippen LogP contribution in [0.15, 0.2) is 36.4 Å². The number of nitriles is 2. The highest BCUT2D eigenvalue weighted by molar-refractivity contribution is 6.74. The zero-order valence-corrected chi connectivity index (χ0v) is 23.2. The second-order valence-electron chi connectivity index (χ2n) is 9.94. The van der Waals surface area contributed by atoms with Crippen LogP contribution in [0.1, 0.15) is 54.2 Å². The molecule has 0 aliphatic rings. The first-order valence-corrected chi connectivity index (χ1v) is 14.8. The van der Waals surface area contributed by atoms with Gasteiger partial charge in [-0.15, -0.1) is 0 Å². The van der Waals surface area contributed by atoms with Gasteiger partial charge in [0.05, 0.1) is 22.2 Å². The van der Waals surface area contributed by atoms with Gasteiger partial charge in [0.25, 0.3) is 11.8 Å². The van der Waals surface area contributed by atoms with Gasteiger partial charge in [0.2, 0.25) is 0 Å². The van der Waals surface area contributed by atoms with Crippen LogP contribution in [-0.2, 0) is 9.22 Å². The van der Waals surface area contributed by atoms with E-state index < -0.39 is 26.2 Å². The molecule has 2 amide bonds. The van der Waals surface area contributed by atoms with Crippen LogP contribution in [0.2, 0.25) is 23.2 Å². The Balaban J connectivity index is 2.17. The molecule has 0 heterocycles. The van der Waals surface area contributed by atoms with Crippen molar-refractivity contribution in [2.75, 3.05) is 11.9 Å². The number of rotatable bonds is 8. The van der Waals surface area contributed by atoms with Crippen LogP contribution in [0.3, 0.4) is 0 Å². The van der Waals surface area contributed by atoms with E-state index in [1.165, 1.54) is 24.3 Å². The maximum Gasteiger partial charge on any atom is 0.269 e. The van der Waals surface area contributed by atoms with Crippen molar-refractivity contribution in [1.82, 2.24) is 10.9 Å². The lowest BCUT2D eigenvalue weighted by Gasteiger charge is -2.36. The number of carbonyl (C=O) groups is 2. The van der Waals surface area contributed by atoms with E-state index in [1.54, 1.807) is 19.1 Å². The molecular formula is C26H32ClN5O3Si. The first kappa shape index (κ1) is 28.9. The van der Waals surface area contributed by atoms with Crippen LogP contribution in [0.5, 0.6) is 0 Å². The monoisotopic (exact) mass is 525 g/mol. The lowest BCUT2D eigenvalue weighted by molar-refractivity contribution is -0.122. The molecule has 2 aromatic rings. The van der Waals surface area contributed by atoms with Gasteiger partial charge in [-0.1, -0.05) is 32.4 Å². The summed E-state index contributed by atoms with van der Waals surface area (Å²) in [5.41, 5.74) is 7.20. The van der Waals surface area contributed by atoms with Crippen molar-refractivity contribution < 1.29 is 14.0 Å². The van der Waals surface area contributed by atoms with E-state index in [0.29, 0.717) is 46.0 Å². The fourth-order valence-electron chi connectivity index (χ4n) is 3.01. The molecule has 2 aromatic carbocycles. The summed E-state index contributed by atoms with van der Waals surface area (Å²) in [6, 6.07) is 12.6. The Morgan fingerprint density at radius 1 is 1.06 bits per heavy atom. The van der Waals surface area contributed by atoms with Gasteiger partial charge in [-0.2, -0.15) is 10.5 Å². The number of amides is 2. The molecule has 0 spiro atoms. The first-order valence-electron chi connectivity index (χ1n) is 11.5. The van der Waals surface area contributed by atoms with Gasteiger partial charge in [-0.3, -0.25) is 20.4 Å². The van der Waals surface area contributed by atoms with Crippen molar-refractivity contribution in [2.24, 2.45) is 0 Å². The van der Waals surface area contributed by atoms with Crippen LogP contribution in [0, 0.1) is 29.6 Å². The molecule has 1 unspecified atom stereocenters. The molecule has 2 rings (SSSR count). The number of hydrogen-bond acceptors (Lipinski definition) is 6. The highest BCUT2D eigenvalue weighted by atomic mass is 35.5.